The minimum Gasteiger partial charge on any atom is -0.759 e. The molecule has 0 saturated carbocycles. The molecular formula is BaO20S5TiW-4. The minimum absolute atomic E-state index is 0. The van der Waals surface area contributed by atoms with Crippen LogP contribution in [0, 0.1) is 0 Å². The predicted octanol–water partition coefficient (Wildman–Crippen LogP) is -7.08. The third-order valence-corrected chi connectivity index (χ3v) is 0. The van der Waals surface area contributed by atoms with Crippen LogP contribution in [0.2, 0.25) is 0 Å². The van der Waals surface area contributed by atoms with Crippen molar-refractivity contribution >= 4 is 101 Å². The number of hydrogen-bond donors (Lipinski definition) is 0. The monoisotopic (exact) mass is 850 g/mol. The van der Waals surface area contributed by atoms with Crippen LogP contribution < -0.4 is 0 Å². The molecular weight excluding hydrogens is 849 g/mol. The molecule has 0 unspecified atom stereocenters. The van der Waals surface area contributed by atoms with Gasteiger partial charge in [0.2, 0.25) is 0 Å². The maximum Gasteiger partial charge on any atom is 4.00 e. The molecule has 0 saturated heterocycles. The molecule has 0 aromatic heterocycles. The molecule has 0 N–H and O–H groups in total. The molecule has 0 aliphatic carbocycles. The Morgan fingerprint density at radius 1 is 0.321 bits per heavy atom. The molecule has 0 heterocycles. The van der Waals surface area contributed by atoms with E-state index in [0.29, 0.717) is 0 Å². The molecule has 0 radical (unpaired) electrons. The second-order valence-electron chi connectivity index (χ2n) is 2.04. The van der Waals surface area contributed by atoms with Crippen LogP contribution in [-0.4, -0.2) is 136 Å². The van der Waals surface area contributed by atoms with Gasteiger partial charge in [0, 0.05) is 73.1 Å². The summed E-state index contributed by atoms with van der Waals surface area (Å²) in [5, 5.41) is 0. The first-order chi connectivity index (χ1) is 10.0. The standard InChI is InChI=1S/Ba.5H2O4S.Ti.W/c;5*1-5(2,3)4;;/h;5*(H2,1,2,3,4);;/q+2;;;;;;+4;/p-10. The zero-order valence-electron chi connectivity index (χ0n) is 11.8. The molecule has 0 amide bonds. The van der Waals surface area contributed by atoms with Gasteiger partial charge < -0.3 is 45.5 Å². The Kier molecular flexibility index (Phi) is 42.1. The van der Waals surface area contributed by atoms with E-state index in [1.807, 2.05) is 0 Å². The molecule has 0 bridgehead atoms. The first-order valence-electron chi connectivity index (χ1n) is 3.33. The van der Waals surface area contributed by atoms with E-state index in [4.69, 9.17) is 87.6 Å². The van der Waals surface area contributed by atoms with E-state index >= 15 is 0 Å². The molecule has 0 aliphatic rings. The molecule has 20 nitrogen and oxygen atoms in total. The smallest absolute Gasteiger partial charge is 0.759 e. The normalized spacial score (nSPS) is 10.4. The third kappa shape index (κ3) is 3920. The van der Waals surface area contributed by atoms with Gasteiger partial charge in [0.1, 0.15) is 0 Å². The summed E-state index contributed by atoms with van der Waals surface area (Å²) in [5.41, 5.74) is 0. The van der Waals surface area contributed by atoms with Crippen molar-refractivity contribution in [3.8, 4) is 0 Å². The van der Waals surface area contributed by atoms with Gasteiger partial charge >= 0.3 is 70.6 Å². The molecule has 0 aliphatic heterocycles. The van der Waals surface area contributed by atoms with Crippen LogP contribution in [0.5, 0.6) is 0 Å². The summed E-state index contributed by atoms with van der Waals surface area (Å²) in [6.07, 6.45) is 0. The average molecular weight is 849 g/mol. The van der Waals surface area contributed by atoms with Crippen molar-refractivity contribution in [1.82, 2.24) is 0 Å². The largest absolute Gasteiger partial charge is 4.00 e. The fourth-order valence-corrected chi connectivity index (χ4v) is 0. The van der Waals surface area contributed by atoms with Gasteiger partial charge in [0.05, 0.1) is 0 Å². The van der Waals surface area contributed by atoms with E-state index in [1.54, 1.807) is 0 Å². The molecule has 28 heavy (non-hydrogen) atoms. The Labute approximate surface area is 228 Å². The molecule has 166 valence electrons. The van der Waals surface area contributed by atoms with Crippen molar-refractivity contribution in [2.24, 2.45) is 0 Å². The summed E-state index contributed by atoms with van der Waals surface area (Å²) < 4.78 is 170. The Hall–Kier alpha value is 2.32. The topological polar surface area (TPSA) is 401 Å². The van der Waals surface area contributed by atoms with Crippen molar-refractivity contribution in [2.75, 3.05) is 0 Å². The maximum absolute atomic E-state index is 8.52. The molecule has 0 rings (SSSR count). The van der Waals surface area contributed by atoms with Crippen molar-refractivity contribution in [1.29, 1.82) is 0 Å². The Morgan fingerprint density at radius 3 is 0.321 bits per heavy atom. The van der Waals surface area contributed by atoms with Crippen LogP contribution in [0.15, 0.2) is 0 Å². The summed E-state index contributed by atoms with van der Waals surface area (Å²) in [6.45, 7) is 0. The summed E-state index contributed by atoms with van der Waals surface area (Å²) >= 11 is 0. The number of hydrogen-bond acceptors (Lipinski definition) is 20. The zero-order valence-corrected chi connectivity index (χ0v) is 24.8. The van der Waals surface area contributed by atoms with Gasteiger partial charge in [0.15, 0.2) is 0 Å². The molecule has 0 aromatic rings. The summed E-state index contributed by atoms with van der Waals surface area (Å²) in [6, 6.07) is 0. The fraction of sp³-hybridized carbons (Fsp3) is 0. The van der Waals surface area contributed by atoms with Crippen LogP contribution in [0.25, 0.3) is 0 Å². The third-order valence-electron chi connectivity index (χ3n) is 0. The number of rotatable bonds is 0. The molecule has 0 spiro atoms. The Bertz CT molecular complexity index is 627. The van der Waals surface area contributed by atoms with Crippen molar-refractivity contribution in [3.05, 3.63) is 0 Å². The quantitative estimate of drug-likeness (QED) is 0.124. The van der Waals surface area contributed by atoms with Crippen LogP contribution in [0.3, 0.4) is 0 Å². The van der Waals surface area contributed by atoms with E-state index in [0.717, 1.165) is 0 Å². The summed E-state index contributed by atoms with van der Waals surface area (Å²) in [7, 11) is -25.8. The van der Waals surface area contributed by atoms with E-state index in [-0.39, 0.29) is 91.7 Å². The fourth-order valence-electron chi connectivity index (χ4n) is 0. The van der Waals surface area contributed by atoms with Gasteiger partial charge in [-0.25, -0.2) is 0 Å². The van der Waals surface area contributed by atoms with Gasteiger partial charge in [-0.3, -0.25) is 42.1 Å². The first-order valence-corrected chi connectivity index (χ1v) is 10.0. The second kappa shape index (κ2) is 22.5. The Morgan fingerprint density at radius 2 is 0.321 bits per heavy atom. The van der Waals surface area contributed by atoms with E-state index < -0.39 is 52.0 Å². The van der Waals surface area contributed by atoms with Gasteiger partial charge in [0.25, 0.3) is 0 Å². The van der Waals surface area contributed by atoms with Crippen LogP contribution in [-0.2, 0) is 94.8 Å². The van der Waals surface area contributed by atoms with E-state index in [9.17, 15) is 0 Å². The molecule has 0 fully saturated rings. The Balaban J connectivity index is -0.0000000290. The maximum atomic E-state index is 8.52. The average Bonchev–Trinajstić information content (AvgIpc) is 1.79. The second-order valence-corrected chi connectivity index (χ2v) is 6.12. The van der Waals surface area contributed by atoms with Gasteiger partial charge in [-0.1, -0.05) is 0 Å². The van der Waals surface area contributed by atoms with Gasteiger partial charge in [-0.2, -0.15) is 0 Å². The van der Waals surface area contributed by atoms with Gasteiger partial charge in [-0.05, 0) is 0 Å². The van der Waals surface area contributed by atoms with Crippen LogP contribution in [0.1, 0.15) is 0 Å². The van der Waals surface area contributed by atoms with Crippen molar-refractivity contribution < 1.29 is 130 Å². The van der Waals surface area contributed by atoms with Crippen molar-refractivity contribution in [2.45, 2.75) is 0 Å². The van der Waals surface area contributed by atoms with Gasteiger partial charge in [-0.15, -0.1) is 0 Å². The molecule has 0 atom stereocenters. The van der Waals surface area contributed by atoms with E-state index in [2.05, 4.69) is 0 Å². The first kappa shape index (κ1) is 52.3. The summed E-state index contributed by atoms with van der Waals surface area (Å²) in [4.78, 5) is 0. The molecule has 0 aromatic carbocycles. The van der Waals surface area contributed by atoms with E-state index in [1.165, 1.54) is 0 Å². The van der Waals surface area contributed by atoms with Crippen molar-refractivity contribution in [3.63, 3.8) is 0 Å². The molecule has 28 heteroatoms. The summed E-state index contributed by atoms with van der Waals surface area (Å²) in [5.74, 6) is 0. The zero-order chi connectivity index (χ0) is 22.5. The van der Waals surface area contributed by atoms with Crippen LogP contribution >= 0.6 is 0 Å². The predicted molar refractivity (Wildman–Crippen MR) is 58.1 cm³/mol. The SMILES string of the molecule is O=S(=O)([O-])[O-].O=S(=O)([O-])[O-].O=S(=O)([O-])[O-].O=S(=O)([O-])[O-].O=S(=O)([O-])[O-].[Ba+2].[Ti+4].[W]. The minimum atomic E-state index is -5.17. The van der Waals surface area contributed by atoms with Crippen LogP contribution in [0.4, 0.5) is 0 Å².